The Kier molecular flexibility index (Phi) is 3.63. The molecule has 3 nitrogen and oxygen atoms in total. The van der Waals surface area contributed by atoms with Crippen LogP contribution >= 0.6 is 11.6 Å². The van der Waals surface area contributed by atoms with Gasteiger partial charge >= 0.3 is 0 Å². The lowest BCUT2D eigenvalue weighted by atomic mass is 10.0. The zero-order valence-electron chi connectivity index (χ0n) is 13.1. The molecule has 1 amide bonds. The molecule has 2 saturated heterocycles. The third-order valence-corrected chi connectivity index (χ3v) is 5.20. The van der Waals surface area contributed by atoms with Crippen molar-refractivity contribution >= 4 is 23.2 Å². The van der Waals surface area contributed by atoms with E-state index in [1.165, 1.54) is 11.1 Å². The Labute approximate surface area is 141 Å². The van der Waals surface area contributed by atoms with Gasteiger partial charge in [0.05, 0.1) is 6.04 Å². The molecule has 0 saturated carbocycles. The van der Waals surface area contributed by atoms with Crippen molar-refractivity contribution in [1.29, 1.82) is 0 Å². The minimum Gasteiger partial charge on any atom is -0.291 e. The monoisotopic (exact) mass is 326 g/mol. The Morgan fingerprint density at radius 1 is 1.09 bits per heavy atom. The number of anilines is 1. The topological polar surface area (TPSA) is 23.6 Å². The molecule has 2 aliphatic rings. The van der Waals surface area contributed by atoms with E-state index in [1.807, 2.05) is 35.2 Å². The van der Waals surface area contributed by atoms with E-state index in [-0.39, 0.29) is 18.1 Å². The molecule has 4 heteroatoms. The zero-order valence-corrected chi connectivity index (χ0v) is 13.8. The largest absolute Gasteiger partial charge is 0.291 e. The van der Waals surface area contributed by atoms with Crippen molar-refractivity contribution in [2.24, 2.45) is 0 Å². The molecule has 2 atom stereocenters. The Morgan fingerprint density at radius 2 is 1.83 bits per heavy atom. The van der Waals surface area contributed by atoms with Crippen molar-refractivity contribution in [2.45, 2.75) is 32.0 Å². The van der Waals surface area contributed by atoms with Crippen LogP contribution in [0.25, 0.3) is 0 Å². The molecule has 2 aromatic rings. The molecule has 0 spiro atoms. The van der Waals surface area contributed by atoms with Crippen LogP contribution in [0.4, 0.5) is 5.69 Å². The molecule has 0 aliphatic carbocycles. The van der Waals surface area contributed by atoms with E-state index in [1.54, 1.807) is 0 Å². The first-order valence-corrected chi connectivity index (χ1v) is 8.44. The Balaban J connectivity index is 1.83. The summed E-state index contributed by atoms with van der Waals surface area (Å²) in [7, 11) is 0. The number of carbonyl (C=O) groups is 1. The van der Waals surface area contributed by atoms with Gasteiger partial charge in [-0.1, -0.05) is 35.9 Å². The van der Waals surface area contributed by atoms with E-state index in [0.717, 1.165) is 25.1 Å². The van der Waals surface area contributed by atoms with Gasteiger partial charge in [0.2, 0.25) is 5.91 Å². The number of hydrogen-bond donors (Lipinski definition) is 0. The number of nitrogens with zero attached hydrogens (tertiary/aromatic N) is 2. The summed E-state index contributed by atoms with van der Waals surface area (Å²) < 4.78 is 0. The lowest BCUT2D eigenvalue weighted by Gasteiger charge is -2.30. The van der Waals surface area contributed by atoms with Gasteiger partial charge in [0.15, 0.2) is 0 Å². The highest BCUT2D eigenvalue weighted by Gasteiger charge is 2.49. The molecule has 0 radical (unpaired) electrons. The van der Waals surface area contributed by atoms with Gasteiger partial charge in [0, 0.05) is 17.3 Å². The maximum Gasteiger partial charge on any atom is 0.246 e. The zero-order chi connectivity index (χ0) is 16.0. The molecule has 0 N–H and O–H groups in total. The quantitative estimate of drug-likeness (QED) is 0.827. The molecule has 2 aliphatic heterocycles. The second kappa shape index (κ2) is 5.66. The predicted molar refractivity (Wildman–Crippen MR) is 92.6 cm³/mol. The number of fused-ring (bicyclic) bond motifs is 1. The number of hydrogen-bond acceptors (Lipinski definition) is 2. The first kappa shape index (κ1) is 14.7. The van der Waals surface area contributed by atoms with E-state index in [0.29, 0.717) is 5.02 Å². The van der Waals surface area contributed by atoms with Gasteiger partial charge in [-0.15, -0.1) is 0 Å². The molecule has 2 heterocycles. The minimum atomic E-state index is -0.0163. The maximum absolute atomic E-state index is 13.0. The molecule has 2 fully saturated rings. The summed E-state index contributed by atoms with van der Waals surface area (Å²) in [4.78, 5) is 17.3. The van der Waals surface area contributed by atoms with Gasteiger partial charge in [-0.2, -0.15) is 0 Å². The van der Waals surface area contributed by atoms with E-state index >= 15 is 0 Å². The molecule has 0 aromatic heterocycles. The number of aryl methyl sites for hydroxylation is 1. The van der Waals surface area contributed by atoms with Crippen LogP contribution in [0.3, 0.4) is 0 Å². The molecule has 4 rings (SSSR count). The maximum atomic E-state index is 13.0. The second-order valence-corrected chi connectivity index (χ2v) is 6.75. The fourth-order valence-electron chi connectivity index (χ4n) is 3.84. The fraction of sp³-hybridized carbons (Fsp3) is 0.316. The van der Waals surface area contributed by atoms with Crippen LogP contribution in [0.2, 0.25) is 5.02 Å². The molecule has 118 valence electrons. The highest BCUT2D eigenvalue weighted by Crippen LogP contribution is 2.43. The summed E-state index contributed by atoms with van der Waals surface area (Å²) in [5.41, 5.74) is 3.35. The smallest absolute Gasteiger partial charge is 0.246 e. The number of benzene rings is 2. The van der Waals surface area contributed by atoms with Crippen molar-refractivity contribution in [2.75, 3.05) is 11.4 Å². The van der Waals surface area contributed by atoms with E-state index in [2.05, 4.69) is 30.0 Å². The Hall–Kier alpha value is -1.84. The van der Waals surface area contributed by atoms with Crippen LogP contribution in [0.5, 0.6) is 0 Å². The standard InChI is InChI=1S/C19H19ClN2O/c1-13-5-2-3-6-16(13)18-21-12-4-7-17(21)19(23)22(18)15-10-8-14(20)9-11-15/h2-3,5-6,8-11,17-18H,4,7,12H2,1H3/t17-,18+/m0/s1. The summed E-state index contributed by atoms with van der Waals surface area (Å²) in [6.45, 7) is 3.09. The average molecular weight is 327 g/mol. The number of amides is 1. The van der Waals surface area contributed by atoms with E-state index in [4.69, 9.17) is 11.6 Å². The summed E-state index contributed by atoms with van der Waals surface area (Å²) in [6.07, 6.45) is 2.02. The minimum absolute atomic E-state index is 0.00952. The molecular weight excluding hydrogens is 308 g/mol. The summed E-state index contributed by atoms with van der Waals surface area (Å²) in [5.74, 6) is 0.207. The second-order valence-electron chi connectivity index (χ2n) is 6.31. The fourth-order valence-corrected chi connectivity index (χ4v) is 3.97. The third kappa shape index (κ3) is 2.35. The van der Waals surface area contributed by atoms with Gasteiger partial charge in [0.25, 0.3) is 0 Å². The summed E-state index contributed by atoms with van der Waals surface area (Å²) >= 11 is 6.02. The number of halogens is 1. The third-order valence-electron chi connectivity index (χ3n) is 4.95. The first-order chi connectivity index (χ1) is 11.2. The average Bonchev–Trinajstić information content (AvgIpc) is 3.12. The summed E-state index contributed by atoms with van der Waals surface area (Å²) in [6, 6.07) is 15.9. The number of carbonyl (C=O) groups excluding carboxylic acids is 1. The summed E-state index contributed by atoms with van der Waals surface area (Å²) in [5, 5.41) is 0.688. The van der Waals surface area contributed by atoms with Crippen molar-refractivity contribution in [1.82, 2.24) is 4.90 Å². The van der Waals surface area contributed by atoms with Crippen molar-refractivity contribution in [3.8, 4) is 0 Å². The molecule has 2 aromatic carbocycles. The van der Waals surface area contributed by atoms with Crippen LogP contribution < -0.4 is 4.90 Å². The normalized spacial score (nSPS) is 24.3. The van der Waals surface area contributed by atoms with Crippen LogP contribution in [0, 0.1) is 6.92 Å². The predicted octanol–water partition coefficient (Wildman–Crippen LogP) is 4.16. The highest BCUT2D eigenvalue weighted by molar-refractivity contribution is 6.30. The van der Waals surface area contributed by atoms with Crippen LogP contribution in [-0.2, 0) is 4.79 Å². The van der Waals surface area contributed by atoms with Gasteiger partial charge in [-0.05, 0) is 55.2 Å². The van der Waals surface area contributed by atoms with E-state index < -0.39 is 0 Å². The van der Waals surface area contributed by atoms with Crippen LogP contribution in [-0.4, -0.2) is 23.4 Å². The molecular formula is C19H19ClN2O. The Morgan fingerprint density at radius 3 is 2.57 bits per heavy atom. The molecule has 23 heavy (non-hydrogen) atoms. The number of rotatable bonds is 2. The van der Waals surface area contributed by atoms with Gasteiger partial charge in [-0.25, -0.2) is 0 Å². The van der Waals surface area contributed by atoms with Crippen molar-refractivity contribution < 1.29 is 4.79 Å². The van der Waals surface area contributed by atoms with Crippen molar-refractivity contribution in [3.63, 3.8) is 0 Å². The highest BCUT2D eigenvalue weighted by atomic mass is 35.5. The lowest BCUT2D eigenvalue weighted by molar-refractivity contribution is -0.119. The van der Waals surface area contributed by atoms with Crippen molar-refractivity contribution in [3.05, 3.63) is 64.7 Å². The molecule has 0 unspecified atom stereocenters. The van der Waals surface area contributed by atoms with Crippen LogP contribution in [0.15, 0.2) is 48.5 Å². The SMILES string of the molecule is Cc1ccccc1[C@H]1N(c2ccc(Cl)cc2)C(=O)[C@@H]2CCCN21. The van der Waals surface area contributed by atoms with Crippen LogP contribution in [0.1, 0.15) is 30.1 Å². The lowest BCUT2D eigenvalue weighted by Crippen LogP contribution is -2.32. The van der Waals surface area contributed by atoms with Gasteiger partial charge < -0.3 is 0 Å². The Bertz CT molecular complexity index is 743. The van der Waals surface area contributed by atoms with Gasteiger partial charge in [0.1, 0.15) is 6.17 Å². The first-order valence-electron chi connectivity index (χ1n) is 8.07. The van der Waals surface area contributed by atoms with E-state index in [9.17, 15) is 4.79 Å². The van der Waals surface area contributed by atoms with Gasteiger partial charge in [-0.3, -0.25) is 14.6 Å². The molecule has 0 bridgehead atoms.